The van der Waals surface area contributed by atoms with Gasteiger partial charge in [-0.1, -0.05) is 42.5 Å². The lowest BCUT2D eigenvalue weighted by Crippen LogP contribution is -2.48. The number of ether oxygens (including phenoxy) is 1. The number of hydrogen-bond acceptors (Lipinski definition) is 4. The molecule has 1 aliphatic rings. The first-order chi connectivity index (χ1) is 11.7. The smallest absolute Gasteiger partial charge is 0.237 e. The molecular formula is C19H22N2O3. The molecule has 0 saturated carbocycles. The molecule has 1 aliphatic heterocycles. The van der Waals surface area contributed by atoms with E-state index < -0.39 is 6.10 Å². The number of benzene rings is 2. The predicted octanol–water partition coefficient (Wildman–Crippen LogP) is 1.56. The van der Waals surface area contributed by atoms with Crippen molar-refractivity contribution in [3.05, 3.63) is 65.2 Å². The standard InChI is InChI=1S/C19H22N2O3/c1-24-18-9-5-4-8-15(18)17(22)12-21-19(23)16-10-13-6-2-3-7-14(13)11-20-16/h2-9,16-17,20,22H,10-12H2,1H3,(H,21,23)/t16-,17-/m0/s1. The van der Waals surface area contributed by atoms with Gasteiger partial charge in [-0.05, 0) is 23.6 Å². The average molecular weight is 326 g/mol. The number of aliphatic hydroxyl groups excluding tert-OH is 1. The summed E-state index contributed by atoms with van der Waals surface area (Å²) in [5.41, 5.74) is 3.10. The Bertz CT molecular complexity index is 717. The molecule has 0 saturated heterocycles. The molecule has 0 spiro atoms. The molecule has 3 rings (SSSR count). The van der Waals surface area contributed by atoms with Gasteiger partial charge in [-0.25, -0.2) is 0 Å². The van der Waals surface area contributed by atoms with E-state index in [-0.39, 0.29) is 18.5 Å². The van der Waals surface area contributed by atoms with Gasteiger partial charge in [0.1, 0.15) is 5.75 Å². The Morgan fingerprint density at radius 1 is 1.25 bits per heavy atom. The molecule has 2 atom stereocenters. The minimum absolute atomic E-state index is 0.0987. The summed E-state index contributed by atoms with van der Waals surface area (Å²) in [6.07, 6.45) is -0.145. The van der Waals surface area contributed by atoms with E-state index in [4.69, 9.17) is 4.74 Å². The summed E-state index contributed by atoms with van der Waals surface area (Å²) < 4.78 is 5.24. The van der Waals surface area contributed by atoms with Crippen molar-refractivity contribution in [3.63, 3.8) is 0 Å². The maximum absolute atomic E-state index is 12.4. The van der Waals surface area contributed by atoms with Gasteiger partial charge in [0, 0.05) is 18.7 Å². The predicted molar refractivity (Wildman–Crippen MR) is 91.7 cm³/mol. The second-order valence-corrected chi connectivity index (χ2v) is 5.91. The fourth-order valence-corrected chi connectivity index (χ4v) is 3.01. The molecule has 5 heteroatoms. The highest BCUT2D eigenvalue weighted by Gasteiger charge is 2.24. The van der Waals surface area contributed by atoms with Crippen molar-refractivity contribution in [1.29, 1.82) is 0 Å². The minimum Gasteiger partial charge on any atom is -0.496 e. The number of hydrogen-bond donors (Lipinski definition) is 3. The Hall–Kier alpha value is -2.37. The van der Waals surface area contributed by atoms with Gasteiger partial charge in [-0.15, -0.1) is 0 Å². The van der Waals surface area contributed by atoms with Gasteiger partial charge in [0.15, 0.2) is 0 Å². The molecule has 2 aromatic carbocycles. The molecule has 126 valence electrons. The topological polar surface area (TPSA) is 70.6 Å². The van der Waals surface area contributed by atoms with Crippen LogP contribution in [0.5, 0.6) is 5.75 Å². The molecule has 0 aromatic heterocycles. The van der Waals surface area contributed by atoms with E-state index in [9.17, 15) is 9.90 Å². The quantitative estimate of drug-likeness (QED) is 0.780. The van der Waals surface area contributed by atoms with Gasteiger partial charge >= 0.3 is 0 Å². The van der Waals surface area contributed by atoms with Gasteiger partial charge in [0.25, 0.3) is 0 Å². The number of aliphatic hydroxyl groups is 1. The number of amides is 1. The fourth-order valence-electron chi connectivity index (χ4n) is 3.01. The largest absolute Gasteiger partial charge is 0.496 e. The molecule has 1 heterocycles. The number of rotatable bonds is 5. The van der Waals surface area contributed by atoms with Gasteiger partial charge in [0.05, 0.1) is 19.3 Å². The van der Waals surface area contributed by atoms with Crippen LogP contribution in [0.15, 0.2) is 48.5 Å². The number of nitrogens with one attached hydrogen (secondary N) is 2. The van der Waals surface area contributed by atoms with Crippen molar-refractivity contribution in [3.8, 4) is 5.75 Å². The maximum atomic E-state index is 12.4. The zero-order chi connectivity index (χ0) is 16.9. The molecule has 24 heavy (non-hydrogen) atoms. The second kappa shape index (κ2) is 7.47. The summed E-state index contributed by atoms with van der Waals surface area (Å²) in [7, 11) is 1.56. The highest BCUT2D eigenvalue weighted by atomic mass is 16.5. The van der Waals surface area contributed by atoms with E-state index in [0.717, 1.165) is 0 Å². The Morgan fingerprint density at radius 3 is 2.75 bits per heavy atom. The first kappa shape index (κ1) is 16.5. The van der Waals surface area contributed by atoms with Crippen molar-refractivity contribution in [1.82, 2.24) is 10.6 Å². The van der Waals surface area contributed by atoms with Crippen LogP contribution in [-0.4, -0.2) is 30.7 Å². The van der Waals surface area contributed by atoms with Crippen LogP contribution in [0.2, 0.25) is 0 Å². The average Bonchev–Trinajstić information content (AvgIpc) is 2.65. The highest BCUT2D eigenvalue weighted by Crippen LogP contribution is 2.24. The number of fused-ring (bicyclic) bond motifs is 1. The van der Waals surface area contributed by atoms with E-state index in [1.165, 1.54) is 11.1 Å². The Balaban J connectivity index is 1.58. The SMILES string of the molecule is COc1ccccc1[C@@H](O)CNC(=O)[C@@H]1Cc2ccccc2CN1. The summed E-state index contributed by atoms with van der Waals surface area (Å²) in [6.45, 7) is 0.836. The Morgan fingerprint density at radius 2 is 1.96 bits per heavy atom. The molecular weight excluding hydrogens is 304 g/mol. The van der Waals surface area contributed by atoms with Crippen LogP contribution in [0, 0.1) is 0 Å². The van der Waals surface area contributed by atoms with E-state index in [1.54, 1.807) is 19.2 Å². The zero-order valence-electron chi connectivity index (χ0n) is 13.7. The molecule has 0 aliphatic carbocycles. The van der Waals surface area contributed by atoms with E-state index in [0.29, 0.717) is 24.3 Å². The van der Waals surface area contributed by atoms with E-state index in [2.05, 4.69) is 22.8 Å². The number of para-hydroxylation sites is 1. The van der Waals surface area contributed by atoms with Crippen molar-refractivity contribution >= 4 is 5.91 Å². The second-order valence-electron chi connectivity index (χ2n) is 5.91. The molecule has 5 nitrogen and oxygen atoms in total. The zero-order valence-corrected chi connectivity index (χ0v) is 13.7. The summed E-state index contributed by atoms with van der Waals surface area (Å²) in [5.74, 6) is 0.516. The Kier molecular flexibility index (Phi) is 5.13. The maximum Gasteiger partial charge on any atom is 0.237 e. The fraction of sp³-hybridized carbons (Fsp3) is 0.316. The van der Waals surface area contributed by atoms with Crippen molar-refractivity contribution in [2.45, 2.75) is 25.1 Å². The van der Waals surface area contributed by atoms with Crippen LogP contribution in [-0.2, 0) is 17.8 Å². The van der Waals surface area contributed by atoms with Gasteiger partial charge < -0.3 is 20.5 Å². The van der Waals surface area contributed by atoms with Crippen LogP contribution in [0.1, 0.15) is 22.8 Å². The van der Waals surface area contributed by atoms with Gasteiger partial charge in [-0.2, -0.15) is 0 Å². The molecule has 0 fully saturated rings. The summed E-state index contributed by atoms with van der Waals surface area (Å²) in [4.78, 5) is 12.4. The molecule has 3 N–H and O–H groups in total. The van der Waals surface area contributed by atoms with Gasteiger partial charge in [-0.3, -0.25) is 4.79 Å². The molecule has 1 amide bonds. The third kappa shape index (κ3) is 3.58. The first-order valence-electron chi connectivity index (χ1n) is 8.08. The minimum atomic E-state index is -0.805. The van der Waals surface area contributed by atoms with Crippen molar-refractivity contribution in [2.75, 3.05) is 13.7 Å². The monoisotopic (exact) mass is 326 g/mol. The third-order valence-electron chi connectivity index (χ3n) is 4.37. The molecule has 0 bridgehead atoms. The normalized spacial score (nSPS) is 17.7. The van der Waals surface area contributed by atoms with E-state index >= 15 is 0 Å². The summed E-state index contributed by atoms with van der Waals surface area (Å²) in [6, 6.07) is 15.1. The third-order valence-corrected chi connectivity index (χ3v) is 4.37. The summed E-state index contributed by atoms with van der Waals surface area (Å²) >= 11 is 0. The molecule has 0 unspecified atom stereocenters. The highest BCUT2D eigenvalue weighted by molar-refractivity contribution is 5.82. The number of carbonyl (C=O) groups is 1. The number of carbonyl (C=O) groups excluding carboxylic acids is 1. The molecule has 2 aromatic rings. The lowest BCUT2D eigenvalue weighted by Gasteiger charge is -2.26. The van der Waals surface area contributed by atoms with Crippen LogP contribution < -0.4 is 15.4 Å². The number of methoxy groups -OCH3 is 1. The summed E-state index contributed by atoms with van der Waals surface area (Å²) in [5, 5.41) is 16.4. The molecule has 0 radical (unpaired) electrons. The Labute approximate surface area is 141 Å². The first-order valence-corrected chi connectivity index (χ1v) is 8.08. The lowest BCUT2D eigenvalue weighted by molar-refractivity contribution is -0.123. The van der Waals surface area contributed by atoms with Crippen LogP contribution in [0.25, 0.3) is 0 Å². The van der Waals surface area contributed by atoms with Gasteiger partial charge in [0.2, 0.25) is 5.91 Å². The van der Waals surface area contributed by atoms with Crippen LogP contribution in [0.4, 0.5) is 0 Å². The van der Waals surface area contributed by atoms with E-state index in [1.807, 2.05) is 24.3 Å². The van der Waals surface area contributed by atoms with Crippen molar-refractivity contribution in [2.24, 2.45) is 0 Å². The lowest BCUT2D eigenvalue weighted by atomic mass is 9.95. The van der Waals surface area contributed by atoms with Crippen LogP contribution >= 0.6 is 0 Å². The van der Waals surface area contributed by atoms with Crippen molar-refractivity contribution < 1.29 is 14.6 Å². The van der Waals surface area contributed by atoms with Crippen LogP contribution in [0.3, 0.4) is 0 Å².